The number of aromatic amines is 1. The maximum Gasteiger partial charge on any atom is 0.314 e. The fourth-order valence-electron chi connectivity index (χ4n) is 5.10. The molecule has 0 aliphatic carbocycles. The van der Waals surface area contributed by atoms with Crippen molar-refractivity contribution in [3.05, 3.63) is 35.5 Å². The van der Waals surface area contributed by atoms with Crippen LogP contribution in [0.5, 0.6) is 0 Å². The summed E-state index contributed by atoms with van der Waals surface area (Å²) in [5.41, 5.74) is 2.92. The van der Waals surface area contributed by atoms with Crippen molar-refractivity contribution in [1.82, 2.24) is 4.98 Å². The van der Waals surface area contributed by atoms with Crippen molar-refractivity contribution in [2.24, 2.45) is 10.9 Å². The van der Waals surface area contributed by atoms with Gasteiger partial charge in [0.25, 0.3) is 0 Å². The summed E-state index contributed by atoms with van der Waals surface area (Å²) in [7, 11) is 1.47. The molecule has 1 aromatic carbocycles. The number of benzene rings is 1. The first-order valence-corrected chi connectivity index (χ1v) is 11.4. The molecular formula is C25H34N2O4. The van der Waals surface area contributed by atoms with Crippen LogP contribution in [-0.4, -0.2) is 48.8 Å². The second-order valence-corrected chi connectivity index (χ2v) is 9.31. The van der Waals surface area contributed by atoms with Crippen molar-refractivity contribution in [3.63, 3.8) is 0 Å². The van der Waals surface area contributed by atoms with Gasteiger partial charge in [0.05, 0.1) is 25.2 Å². The molecule has 168 valence electrons. The van der Waals surface area contributed by atoms with E-state index < -0.39 is 5.79 Å². The molecule has 1 saturated heterocycles. The number of nitrogens with one attached hydrogen (secondary N) is 1. The van der Waals surface area contributed by atoms with E-state index in [0.29, 0.717) is 19.6 Å². The van der Waals surface area contributed by atoms with Crippen LogP contribution in [0.2, 0.25) is 0 Å². The van der Waals surface area contributed by atoms with Gasteiger partial charge in [0.2, 0.25) is 0 Å². The third-order valence-electron chi connectivity index (χ3n) is 6.74. The molecule has 0 spiro atoms. The van der Waals surface area contributed by atoms with Gasteiger partial charge >= 0.3 is 5.97 Å². The molecule has 6 nitrogen and oxygen atoms in total. The summed E-state index contributed by atoms with van der Waals surface area (Å²) in [4.78, 5) is 21.1. The number of rotatable bonds is 4. The third kappa shape index (κ3) is 4.55. The monoisotopic (exact) mass is 426 g/mol. The second kappa shape index (κ2) is 8.75. The highest BCUT2D eigenvalue weighted by molar-refractivity contribution is 5.88. The highest BCUT2D eigenvalue weighted by Crippen LogP contribution is 2.40. The Bertz CT molecular complexity index is 964. The molecule has 1 unspecified atom stereocenters. The Morgan fingerprint density at radius 2 is 2.10 bits per heavy atom. The van der Waals surface area contributed by atoms with Crippen LogP contribution in [0, 0.1) is 5.92 Å². The van der Waals surface area contributed by atoms with E-state index in [-0.39, 0.29) is 23.4 Å². The molecule has 1 N–H and O–H groups in total. The lowest BCUT2D eigenvalue weighted by atomic mass is 9.83. The van der Waals surface area contributed by atoms with Gasteiger partial charge in [-0.1, -0.05) is 25.1 Å². The van der Waals surface area contributed by atoms with Crippen LogP contribution in [0.15, 0.2) is 29.3 Å². The molecule has 4 rings (SSSR count). The summed E-state index contributed by atoms with van der Waals surface area (Å²) in [6.07, 6.45) is 6.13. The lowest BCUT2D eigenvalue weighted by molar-refractivity contribution is -0.164. The molecule has 0 amide bonds. The highest BCUT2D eigenvalue weighted by Gasteiger charge is 2.45. The van der Waals surface area contributed by atoms with E-state index in [1.54, 1.807) is 0 Å². The largest absolute Gasteiger partial charge is 0.469 e. The first-order valence-electron chi connectivity index (χ1n) is 11.4. The number of ether oxygens (including phenoxy) is 3. The summed E-state index contributed by atoms with van der Waals surface area (Å²) >= 11 is 0. The van der Waals surface area contributed by atoms with E-state index in [1.165, 1.54) is 18.1 Å². The molecule has 2 aromatic rings. The fourth-order valence-corrected chi connectivity index (χ4v) is 5.10. The standard InChI is InChI=1S/C25H34N2O4/c1-5-25(16-30-24(2,3)31-25)14-17-10-11-20(23(28)29-4)22-19(12-13-26-15-17)18-8-6-7-9-21(18)27-22/h6-9,15,17,20,27H,5,10-14,16H2,1-4H3/t17-,20?,25+/m0/s1. The number of hydrogen-bond acceptors (Lipinski definition) is 5. The summed E-state index contributed by atoms with van der Waals surface area (Å²) in [6.45, 7) is 7.37. The molecule has 31 heavy (non-hydrogen) atoms. The Kier molecular flexibility index (Phi) is 6.22. The number of hydrogen-bond donors (Lipinski definition) is 1. The van der Waals surface area contributed by atoms with Crippen LogP contribution in [0.4, 0.5) is 0 Å². The number of fused-ring (bicyclic) bond motifs is 3. The Labute approximate surface area is 184 Å². The summed E-state index contributed by atoms with van der Waals surface area (Å²) < 4.78 is 17.4. The van der Waals surface area contributed by atoms with E-state index in [1.807, 2.05) is 26.0 Å². The molecule has 0 saturated carbocycles. The average Bonchev–Trinajstić information content (AvgIpc) is 3.28. The molecule has 3 atom stereocenters. The van der Waals surface area contributed by atoms with Gasteiger partial charge in [-0.3, -0.25) is 9.79 Å². The minimum atomic E-state index is -0.559. The zero-order valence-electron chi connectivity index (χ0n) is 19.1. The number of carbonyl (C=O) groups excluding carboxylic acids is 1. The van der Waals surface area contributed by atoms with Crippen LogP contribution in [0.3, 0.4) is 0 Å². The predicted molar refractivity (Wildman–Crippen MR) is 122 cm³/mol. The van der Waals surface area contributed by atoms with Gasteiger partial charge in [-0.2, -0.15) is 0 Å². The molecule has 6 heteroatoms. The quantitative estimate of drug-likeness (QED) is 0.715. The van der Waals surface area contributed by atoms with E-state index in [2.05, 4.69) is 30.3 Å². The first kappa shape index (κ1) is 22.0. The van der Waals surface area contributed by atoms with E-state index in [9.17, 15) is 4.79 Å². The minimum Gasteiger partial charge on any atom is -0.469 e. The van der Waals surface area contributed by atoms with E-state index in [0.717, 1.165) is 36.9 Å². The zero-order chi connectivity index (χ0) is 22.1. The molecule has 3 heterocycles. The minimum absolute atomic E-state index is 0.184. The molecule has 0 bridgehead atoms. The highest BCUT2D eigenvalue weighted by atomic mass is 16.8. The third-order valence-corrected chi connectivity index (χ3v) is 6.74. The first-order chi connectivity index (χ1) is 14.9. The predicted octanol–water partition coefficient (Wildman–Crippen LogP) is 4.77. The van der Waals surface area contributed by atoms with Crippen molar-refractivity contribution >= 4 is 23.1 Å². The van der Waals surface area contributed by atoms with Gasteiger partial charge in [-0.15, -0.1) is 0 Å². The normalized spacial score (nSPS) is 28.4. The van der Waals surface area contributed by atoms with Crippen LogP contribution in [-0.2, 0) is 25.4 Å². The van der Waals surface area contributed by atoms with Gasteiger partial charge in [-0.25, -0.2) is 0 Å². The van der Waals surface area contributed by atoms with Crippen molar-refractivity contribution in [1.29, 1.82) is 0 Å². The van der Waals surface area contributed by atoms with Crippen molar-refractivity contribution in [3.8, 4) is 0 Å². The molecule has 2 aliphatic rings. The van der Waals surface area contributed by atoms with Gasteiger partial charge in [-0.05, 0) is 63.5 Å². The zero-order valence-corrected chi connectivity index (χ0v) is 19.1. The summed E-state index contributed by atoms with van der Waals surface area (Å²) in [5.74, 6) is -0.834. The lowest BCUT2D eigenvalue weighted by Gasteiger charge is -2.31. The maximum absolute atomic E-state index is 12.8. The van der Waals surface area contributed by atoms with Gasteiger partial charge in [0, 0.05) is 29.4 Å². The van der Waals surface area contributed by atoms with Gasteiger partial charge in [0.15, 0.2) is 5.79 Å². The Morgan fingerprint density at radius 1 is 1.29 bits per heavy atom. The second-order valence-electron chi connectivity index (χ2n) is 9.31. The molecule has 0 radical (unpaired) electrons. The Balaban J connectivity index is 1.62. The fraction of sp³-hybridized carbons (Fsp3) is 0.600. The SMILES string of the molecule is CC[C@@]1(C[C@H]2C=NCCc3c([nH]c4ccccc34)C(C(=O)OC)CC2)COC(C)(C)O1. The number of para-hydroxylation sites is 1. The smallest absolute Gasteiger partial charge is 0.314 e. The van der Waals surface area contributed by atoms with Crippen LogP contribution in [0.25, 0.3) is 10.9 Å². The van der Waals surface area contributed by atoms with Gasteiger partial charge < -0.3 is 19.2 Å². The van der Waals surface area contributed by atoms with E-state index in [4.69, 9.17) is 19.2 Å². The van der Waals surface area contributed by atoms with Crippen LogP contribution < -0.4 is 0 Å². The Hall–Kier alpha value is -2.18. The molecule has 1 aromatic heterocycles. The molecule has 2 aliphatic heterocycles. The van der Waals surface area contributed by atoms with Crippen LogP contribution >= 0.6 is 0 Å². The van der Waals surface area contributed by atoms with Crippen LogP contribution in [0.1, 0.15) is 63.6 Å². The van der Waals surface area contributed by atoms with E-state index >= 15 is 0 Å². The topological polar surface area (TPSA) is 72.9 Å². The van der Waals surface area contributed by atoms with Gasteiger partial charge in [0.1, 0.15) is 0 Å². The number of carbonyl (C=O) groups is 1. The lowest BCUT2D eigenvalue weighted by Crippen LogP contribution is -2.36. The van der Waals surface area contributed by atoms with Crippen molar-refractivity contribution < 1.29 is 19.0 Å². The molecular weight excluding hydrogens is 392 g/mol. The van der Waals surface area contributed by atoms with Crippen molar-refractivity contribution in [2.45, 2.75) is 70.2 Å². The number of esters is 1. The number of nitrogens with zero attached hydrogens (tertiary/aromatic N) is 1. The summed E-state index contributed by atoms with van der Waals surface area (Å²) in [5, 5.41) is 1.17. The number of aromatic nitrogens is 1. The molecule has 1 fully saturated rings. The van der Waals surface area contributed by atoms with Crippen molar-refractivity contribution in [2.75, 3.05) is 20.3 Å². The Morgan fingerprint density at radius 3 is 2.81 bits per heavy atom. The average molecular weight is 427 g/mol. The maximum atomic E-state index is 12.8. The number of methoxy groups -OCH3 is 1. The summed E-state index contributed by atoms with van der Waals surface area (Å²) in [6, 6.07) is 8.23. The number of aliphatic imine (C=N–C) groups is 1. The number of H-pyrrole nitrogens is 1.